The maximum atomic E-state index is 5.05. The fourth-order valence-corrected chi connectivity index (χ4v) is 3.68. The van der Waals surface area contributed by atoms with Crippen molar-refractivity contribution in [1.29, 1.82) is 0 Å². The number of nitrogens with zero attached hydrogens (tertiary/aromatic N) is 1. The Bertz CT molecular complexity index is 452. The van der Waals surface area contributed by atoms with Crippen molar-refractivity contribution in [2.45, 2.75) is 51.7 Å². The summed E-state index contributed by atoms with van der Waals surface area (Å²) in [5.74, 6) is 0. The van der Waals surface area contributed by atoms with Crippen LogP contribution in [0.15, 0.2) is 22.7 Å². The van der Waals surface area contributed by atoms with E-state index in [9.17, 15) is 0 Å². The predicted molar refractivity (Wildman–Crippen MR) is 93.0 cm³/mol. The molecule has 2 unspecified atom stereocenters. The van der Waals surface area contributed by atoms with Gasteiger partial charge in [-0.3, -0.25) is 0 Å². The van der Waals surface area contributed by atoms with Gasteiger partial charge in [0.2, 0.25) is 0 Å². The highest BCUT2D eigenvalue weighted by Crippen LogP contribution is 2.34. The van der Waals surface area contributed by atoms with Crippen LogP contribution in [0, 0.1) is 0 Å². The van der Waals surface area contributed by atoms with Crippen molar-refractivity contribution in [1.82, 2.24) is 5.32 Å². The van der Waals surface area contributed by atoms with Gasteiger partial charge in [-0.25, -0.2) is 0 Å². The Kier molecular flexibility index (Phi) is 6.52. The minimum absolute atomic E-state index is 0.646. The van der Waals surface area contributed by atoms with Gasteiger partial charge in [0.05, 0.1) is 6.61 Å². The van der Waals surface area contributed by atoms with Gasteiger partial charge in [-0.05, 0) is 43.9 Å². The molecule has 1 aromatic carbocycles. The molecule has 4 heteroatoms. The lowest BCUT2D eigenvalue weighted by Crippen LogP contribution is -2.34. The Morgan fingerprint density at radius 3 is 2.86 bits per heavy atom. The molecule has 0 saturated carbocycles. The first kappa shape index (κ1) is 16.8. The van der Waals surface area contributed by atoms with Crippen molar-refractivity contribution in [2.24, 2.45) is 0 Å². The molecule has 3 nitrogen and oxygen atoms in total. The molecule has 1 aromatic rings. The summed E-state index contributed by atoms with van der Waals surface area (Å²) in [7, 11) is 1.73. The number of anilines is 1. The zero-order valence-electron chi connectivity index (χ0n) is 13.4. The molecule has 1 fully saturated rings. The zero-order chi connectivity index (χ0) is 15.2. The molecule has 0 aromatic heterocycles. The van der Waals surface area contributed by atoms with Crippen molar-refractivity contribution < 1.29 is 4.74 Å². The van der Waals surface area contributed by atoms with Gasteiger partial charge in [0.15, 0.2) is 0 Å². The van der Waals surface area contributed by atoms with Crippen LogP contribution in [0.25, 0.3) is 0 Å². The highest BCUT2D eigenvalue weighted by Gasteiger charge is 2.29. The third-order valence-electron chi connectivity index (χ3n) is 4.39. The summed E-state index contributed by atoms with van der Waals surface area (Å²) in [6.07, 6.45) is 3.84. The summed E-state index contributed by atoms with van der Waals surface area (Å²) < 4.78 is 6.25. The van der Waals surface area contributed by atoms with Crippen LogP contribution >= 0.6 is 15.9 Å². The Balaban J connectivity index is 2.04. The zero-order valence-corrected chi connectivity index (χ0v) is 14.9. The van der Waals surface area contributed by atoms with Crippen LogP contribution in [-0.2, 0) is 11.3 Å². The van der Waals surface area contributed by atoms with Crippen molar-refractivity contribution in [2.75, 3.05) is 25.2 Å². The van der Waals surface area contributed by atoms with E-state index in [1.165, 1.54) is 35.0 Å². The van der Waals surface area contributed by atoms with E-state index < -0.39 is 0 Å². The van der Waals surface area contributed by atoms with Gasteiger partial charge in [-0.1, -0.05) is 28.9 Å². The molecule has 0 bridgehead atoms. The summed E-state index contributed by atoms with van der Waals surface area (Å²) in [5.41, 5.74) is 2.65. The maximum Gasteiger partial charge on any atom is 0.0587 e. The molecule has 1 N–H and O–H groups in total. The fourth-order valence-electron chi connectivity index (χ4n) is 3.18. The monoisotopic (exact) mass is 354 g/mol. The molecule has 1 aliphatic heterocycles. The lowest BCUT2D eigenvalue weighted by atomic mass is 10.1. The molecule has 0 spiro atoms. The van der Waals surface area contributed by atoms with Gasteiger partial charge < -0.3 is 15.0 Å². The van der Waals surface area contributed by atoms with E-state index in [1.54, 1.807) is 7.11 Å². The average molecular weight is 355 g/mol. The number of hydrogen-bond donors (Lipinski definition) is 1. The number of benzene rings is 1. The second-order valence-corrected chi connectivity index (χ2v) is 6.70. The van der Waals surface area contributed by atoms with E-state index in [-0.39, 0.29) is 0 Å². The van der Waals surface area contributed by atoms with Crippen LogP contribution < -0.4 is 10.2 Å². The second-order valence-electron chi connectivity index (χ2n) is 5.84. The van der Waals surface area contributed by atoms with Gasteiger partial charge in [0, 0.05) is 42.4 Å². The summed E-state index contributed by atoms with van der Waals surface area (Å²) in [5, 5.41) is 3.39. The lowest BCUT2D eigenvalue weighted by Gasteiger charge is -2.30. The summed E-state index contributed by atoms with van der Waals surface area (Å²) in [6.45, 7) is 7.13. The SMILES string of the molecule is CCC1CCC(C)N1c1ccc(CNCCOC)c(Br)c1. The van der Waals surface area contributed by atoms with Crippen molar-refractivity contribution >= 4 is 21.6 Å². The molecule has 118 valence electrons. The van der Waals surface area contributed by atoms with Crippen LogP contribution in [0.4, 0.5) is 5.69 Å². The quantitative estimate of drug-likeness (QED) is 0.750. The van der Waals surface area contributed by atoms with Crippen LogP contribution in [0.2, 0.25) is 0 Å². The average Bonchev–Trinajstić information content (AvgIpc) is 2.86. The van der Waals surface area contributed by atoms with Gasteiger partial charge >= 0.3 is 0 Å². The van der Waals surface area contributed by atoms with E-state index >= 15 is 0 Å². The topological polar surface area (TPSA) is 24.5 Å². The van der Waals surface area contributed by atoms with Crippen molar-refractivity contribution in [3.8, 4) is 0 Å². The molecular formula is C17H27BrN2O. The molecule has 1 aliphatic rings. The number of rotatable bonds is 7. The number of halogens is 1. The molecule has 1 heterocycles. The molecule has 0 aliphatic carbocycles. The van der Waals surface area contributed by atoms with Crippen molar-refractivity contribution in [3.63, 3.8) is 0 Å². The first-order chi connectivity index (χ1) is 10.2. The first-order valence-electron chi connectivity index (χ1n) is 7.93. The van der Waals surface area contributed by atoms with Gasteiger partial charge in [-0.2, -0.15) is 0 Å². The molecule has 21 heavy (non-hydrogen) atoms. The van der Waals surface area contributed by atoms with E-state index in [4.69, 9.17) is 4.74 Å². The van der Waals surface area contributed by atoms with Crippen LogP contribution in [0.1, 0.15) is 38.7 Å². The van der Waals surface area contributed by atoms with Crippen LogP contribution in [0.3, 0.4) is 0 Å². The smallest absolute Gasteiger partial charge is 0.0587 e. The number of ether oxygens (including phenoxy) is 1. The highest BCUT2D eigenvalue weighted by atomic mass is 79.9. The Morgan fingerprint density at radius 1 is 1.38 bits per heavy atom. The van der Waals surface area contributed by atoms with E-state index in [0.29, 0.717) is 12.1 Å². The second kappa shape index (κ2) is 8.16. The molecule has 2 rings (SSSR count). The van der Waals surface area contributed by atoms with E-state index in [2.05, 4.69) is 58.2 Å². The van der Waals surface area contributed by atoms with Gasteiger partial charge in [0.25, 0.3) is 0 Å². The van der Waals surface area contributed by atoms with Gasteiger partial charge in [-0.15, -0.1) is 0 Å². The third kappa shape index (κ3) is 4.21. The van der Waals surface area contributed by atoms with Crippen LogP contribution in [-0.4, -0.2) is 32.3 Å². The van der Waals surface area contributed by atoms with Crippen molar-refractivity contribution in [3.05, 3.63) is 28.2 Å². The molecule has 1 saturated heterocycles. The number of hydrogen-bond acceptors (Lipinski definition) is 3. The Hall–Kier alpha value is -0.580. The Morgan fingerprint density at radius 2 is 2.19 bits per heavy atom. The number of methoxy groups -OCH3 is 1. The van der Waals surface area contributed by atoms with E-state index in [0.717, 1.165) is 19.7 Å². The standard InChI is InChI=1S/C17H27BrN2O/c1-4-15-7-5-13(2)20(15)16-8-6-14(17(18)11-16)12-19-9-10-21-3/h6,8,11,13,15,19H,4-5,7,9-10,12H2,1-3H3. The van der Waals surface area contributed by atoms with Gasteiger partial charge in [0.1, 0.15) is 0 Å². The first-order valence-corrected chi connectivity index (χ1v) is 8.73. The van der Waals surface area contributed by atoms with E-state index in [1.807, 2.05) is 0 Å². The summed E-state index contributed by atoms with van der Waals surface area (Å²) in [4.78, 5) is 2.59. The maximum absolute atomic E-state index is 5.05. The Labute approximate surface area is 137 Å². The predicted octanol–water partition coefficient (Wildman–Crippen LogP) is 3.95. The highest BCUT2D eigenvalue weighted by molar-refractivity contribution is 9.10. The molecule has 0 radical (unpaired) electrons. The molecule has 0 amide bonds. The molecule has 2 atom stereocenters. The summed E-state index contributed by atoms with van der Waals surface area (Å²) in [6, 6.07) is 8.11. The third-order valence-corrected chi connectivity index (χ3v) is 5.13. The van der Waals surface area contributed by atoms with Crippen LogP contribution in [0.5, 0.6) is 0 Å². The minimum Gasteiger partial charge on any atom is -0.383 e. The largest absolute Gasteiger partial charge is 0.383 e. The lowest BCUT2D eigenvalue weighted by molar-refractivity contribution is 0.199. The summed E-state index contributed by atoms with van der Waals surface area (Å²) >= 11 is 3.73. The minimum atomic E-state index is 0.646. The number of nitrogens with one attached hydrogen (secondary N) is 1. The fraction of sp³-hybridized carbons (Fsp3) is 0.647. The normalized spacial score (nSPS) is 22.0. The molecular weight excluding hydrogens is 328 g/mol.